The van der Waals surface area contributed by atoms with E-state index in [1.807, 2.05) is 39.0 Å². The van der Waals surface area contributed by atoms with Crippen molar-refractivity contribution in [2.24, 2.45) is 17.8 Å². The molecule has 3 aromatic rings. The summed E-state index contributed by atoms with van der Waals surface area (Å²) in [7, 11) is 2.20. The molecule has 2 heterocycles. The van der Waals surface area contributed by atoms with Crippen molar-refractivity contribution in [2.75, 3.05) is 20.1 Å². The Bertz CT molecular complexity index is 1050. The van der Waals surface area contributed by atoms with Gasteiger partial charge in [-0.25, -0.2) is 0 Å². The number of benzene rings is 2. The quantitative estimate of drug-likeness (QED) is 0.246. The predicted molar refractivity (Wildman–Crippen MR) is 197 cm³/mol. The van der Waals surface area contributed by atoms with Crippen molar-refractivity contribution in [3.8, 4) is 0 Å². The third-order valence-electron chi connectivity index (χ3n) is 8.56. The second-order valence-corrected chi connectivity index (χ2v) is 14.4. The Kier molecular flexibility index (Phi) is 19.8. The molecule has 0 N–H and O–H groups in total. The minimum atomic E-state index is 0.889. The van der Waals surface area contributed by atoms with Crippen LogP contribution in [0.2, 0.25) is 0 Å². The molecule has 0 radical (unpaired) electrons. The van der Waals surface area contributed by atoms with Gasteiger partial charge in [0.05, 0.1) is 0 Å². The molecule has 1 aromatic heterocycles. The van der Waals surface area contributed by atoms with Crippen molar-refractivity contribution < 1.29 is 0 Å². The van der Waals surface area contributed by atoms with Gasteiger partial charge in [0.2, 0.25) is 0 Å². The number of aryl methyl sites for hydroxylation is 6. The molecule has 3 aliphatic rings. The van der Waals surface area contributed by atoms with E-state index in [1.165, 1.54) is 85.3 Å². The van der Waals surface area contributed by atoms with Crippen LogP contribution in [0, 0.1) is 45.4 Å². The first-order valence-corrected chi connectivity index (χ1v) is 18.3. The van der Waals surface area contributed by atoms with Gasteiger partial charge in [0.25, 0.3) is 0 Å². The zero-order chi connectivity index (χ0) is 32.4. The van der Waals surface area contributed by atoms with E-state index in [4.69, 9.17) is 0 Å². The second kappa shape index (κ2) is 21.7. The summed E-state index contributed by atoms with van der Waals surface area (Å²) in [5.74, 6) is 2.76. The second-order valence-electron chi connectivity index (χ2n) is 12.9. The lowest BCUT2D eigenvalue weighted by molar-refractivity contribution is 0.230. The van der Waals surface area contributed by atoms with Gasteiger partial charge in [0.1, 0.15) is 0 Å². The Hall–Kier alpha value is -1.90. The van der Waals surface area contributed by atoms with Gasteiger partial charge in [-0.15, -0.1) is 11.3 Å². The Balaban J connectivity index is 0.000000282. The molecule has 2 atom stereocenters. The van der Waals surface area contributed by atoms with Gasteiger partial charge in [-0.05, 0) is 151 Å². The molecule has 2 aromatic carbocycles. The zero-order valence-corrected chi connectivity index (χ0v) is 31.1. The first kappa shape index (κ1) is 39.1. The fourth-order valence-corrected chi connectivity index (χ4v) is 6.61. The number of thiophene rings is 1. The van der Waals surface area contributed by atoms with E-state index >= 15 is 0 Å². The van der Waals surface area contributed by atoms with E-state index in [-0.39, 0.29) is 0 Å². The highest BCUT2D eigenvalue weighted by Gasteiger charge is 2.15. The van der Waals surface area contributed by atoms with Crippen molar-refractivity contribution in [1.82, 2.24) is 4.90 Å². The average molecular weight is 606 g/mol. The van der Waals surface area contributed by atoms with Gasteiger partial charge in [-0.2, -0.15) is 0 Å². The predicted octanol–water partition coefficient (Wildman–Crippen LogP) is 12.0. The normalized spacial score (nSPS) is 19.0. The van der Waals surface area contributed by atoms with Gasteiger partial charge in [0.15, 0.2) is 0 Å². The van der Waals surface area contributed by atoms with Gasteiger partial charge in [-0.3, -0.25) is 0 Å². The molecule has 43 heavy (non-hydrogen) atoms. The first-order valence-electron chi connectivity index (χ1n) is 17.5. The van der Waals surface area contributed by atoms with Crippen LogP contribution in [0.25, 0.3) is 0 Å². The topological polar surface area (TPSA) is 3.24 Å². The summed E-state index contributed by atoms with van der Waals surface area (Å²) < 4.78 is 0. The summed E-state index contributed by atoms with van der Waals surface area (Å²) in [6, 6.07) is 18.1. The van der Waals surface area contributed by atoms with Crippen molar-refractivity contribution in [3.63, 3.8) is 0 Å². The molecule has 2 heteroatoms. The number of nitrogens with zero attached hydrogens (tertiary/aromatic N) is 1. The zero-order valence-electron chi connectivity index (χ0n) is 30.3. The molecule has 242 valence electrons. The van der Waals surface area contributed by atoms with E-state index in [9.17, 15) is 0 Å². The average Bonchev–Trinajstić information content (AvgIpc) is 3.40. The van der Waals surface area contributed by atoms with Crippen LogP contribution in [0.15, 0.2) is 48.5 Å². The Morgan fingerprint density at radius 1 is 0.535 bits per heavy atom. The number of fused-ring (bicyclic) bond motifs is 2. The molecule has 2 aliphatic carbocycles. The third kappa shape index (κ3) is 15.6. The summed E-state index contributed by atoms with van der Waals surface area (Å²) >= 11 is 1.84. The van der Waals surface area contributed by atoms with E-state index in [2.05, 4.69) is 109 Å². The monoisotopic (exact) mass is 605 g/mol. The van der Waals surface area contributed by atoms with Gasteiger partial charge >= 0.3 is 0 Å². The van der Waals surface area contributed by atoms with Gasteiger partial charge < -0.3 is 4.90 Å². The standard InChI is InChI=1S/2C12H16.C7H15N.C6H8S.2C2H6/c2*1-9-3-5-12-8-10(2)4-6-11(12)7-9;1-7-3-5-8(2)6-4-7;1-5-3-4-6(2)7-5;2*1-2/h2*3,5,7,10H,4,6,8H2,1-2H3;7H,3-6H2,1-2H3;3-4H,1-2H3;2*1-2H3. The highest BCUT2D eigenvalue weighted by Crippen LogP contribution is 2.26. The number of likely N-dealkylation sites (tertiary alicyclic amines) is 1. The van der Waals surface area contributed by atoms with Crippen molar-refractivity contribution >= 4 is 11.3 Å². The van der Waals surface area contributed by atoms with Crippen molar-refractivity contribution in [2.45, 2.75) is 128 Å². The molecule has 1 nitrogen and oxygen atoms in total. The fourth-order valence-electron chi connectivity index (χ4n) is 5.83. The van der Waals surface area contributed by atoms with Crippen LogP contribution in [-0.4, -0.2) is 25.0 Å². The van der Waals surface area contributed by atoms with Crippen LogP contribution in [0.3, 0.4) is 0 Å². The molecule has 1 aliphatic heterocycles. The summed E-state index contributed by atoms with van der Waals surface area (Å²) in [4.78, 5) is 5.20. The maximum Gasteiger partial charge on any atom is 0.00170 e. The molecular weight excluding hydrogens is 539 g/mol. The SMILES string of the molecule is CC.CC.CC1CCN(C)CC1.Cc1ccc(C)s1.Cc1ccc2c(c1)CCC(C)C2.Cc1ccc2c(c1)CCC(C)C2. The Morgan fingerprint density at radius 3 is 1.26 bits per heavy atom. The highest BCUT2D eigenvalue weighted by molar-refractivity contribution is 7.11. The lowest BCUT2D eigenvalue weighted by Gasteiger charge is -2.26. The molecule has 2 unspecified atom stereocenters. The first-order chi connectivity index (χ1) is 20.6. The molecular formula is C41H67NS. The Morgan fingerprint density at radius 2 is 0.930 bits per heavy atom. The third-order valence-corrected chi connectivity index (χ3v) is 9.47. The number of rotatable bonds is 0. The van der Waals surface area contributed by atoms with Crippen molar-refractivity contribution in [1.29, 1.82) is 0 Å². The van der Waals surface area contributed by atoms with Gasteiger partial charge in [-0.1, -0.05) is 96.0 Å². The number of piperidine rings is 1. The fraction of sp³-hybridized carbons (Fsp3) is 0.610. The molecule has 1 fully saturated rings. The number of hydrogen-bond acceptors (Lipinski definition) is 2. The Labute approximate surface area is 272 Å². The van der Waals surface area contributed by atoms with Gasteiger partial charge in [0, 0.05) is 9.75 Å². The summed E-state index contributed by atoms with van der Waals surface area (Å²) in [6.07, 6.45) is 10.7. The van der Waals surface area contributed by atoms with Crippen molar-refractivity contribution in [3.05, 3.63) is 91.7 Å². The van der Waals surface area contributed by atoms with Crippen LogP contribution >= 0.6 is 11.3 Å². The molecule has 6 rings (SSSR count). The molecule has 0 amide bonds. The van der Waals surface area contributed by atoms with Crippen LogP contribution < -0.4 is 0 Å². The number of hydrogen-bond donors (Lipinski definition) is 0. The van der Waals surface area contributed by atoms with Crippen LogP contribution in [0.1, 0.15) is 117 Å². The van der Waals surface area contributed by atoms with E-state index in [1.54, 1.807) is 22.3 Å². The smallest absolute Gasteiger partial charge is 0.00170 e. The minimum Gasteiger partial charge on any atom is -0.306 e. The summed E-state index contributed by atoms with van der Waals surface area (Å²) in [6.45, 7) is 26.3. The van der Waals surface area contributed by atoms with Crippen LogP contribution in [-0.2, 0) is 25.7 Å². The minimum absolute atomic E-state index is 0.889. The lowest BCUT2D eigenvalue weighted by atomic mass is 9.84. The maximum absolute atomic E-state index is 2.40. The molecule has 0 saturated carbocycles. The molecule has 0 spiro atoms. The molecule has 1 saturated heterocycles. The van der Waals surface area contributed by atoms with E-state index < -0.39 is 0 Å². The maximum atomic E-state index is 2.40. The lowest BCUT2D eigenvalue weighted by Crippen LogP contribution is -2.28. The van der Waals surface area contributed by atoms with E-state index in [0.29, 0.717) is 0 Å². The van der Waals surface area contributed by atoms with Crippen LogP contribution in [0.4, 0.5) is 0 Å². The largest absolute Gasteiger partial charge is 0.306 e. The summed E-state index contributed by atoms with van der Waals surface area (Å²) in [5.41, 5.74) is 9.16. The van der Waals surface area contributed by atoms with Crippen LogP contribution in [0.5, 0.6) is 0 Å². The summed E-state index contributed by atoms with van der Waals surface area (Å²) in [5, 5.41) is 0. The van der Waals surface area contributed by atoms with E-state index in [0.717, 1.165) is 17.8 Å². The highest BCUT2D eigenvalue weighted by atomic mass is 32.1. The molecule has 0 bridgehead atoms.